The molecule has 1 rings (SSSR count). The molecule has 1 saturated heterocycles. The molecule has 2 nitrogen and oxygen atoms in total. The molecule has 0 aliphatic carbocycles. The SMILES string of the molecule is CC(C)N1CCN(CI)CC1C. The van der Waals surface area contributed by atoms with Gasteiger partial charge in [0.15, 0.2) is 0 Å². The average Bonchev–Trinajstić information content (AvgIpc) is 2.03. The third kappa shape index (κ3) is 2.57. The highest BCUT2D eigenvalue weighted by atomic mass is 127. The minimum absolute atomic E-state index is 0.705. The largest absolute Gasteiger partial charge is 0.296 e. The summed E-state index contributed by atoms with van der Waals surface area (Å²) in [6, 6.07) is 1.44. The van der Waals surface area contributed by atoms with Gasteiger partial charge in [0.05, 0.1) is 4.55 Å². The molecule has 1 unspecified atom stereocenters. The fourth-order valence-electron chi connectivity index (χ4n) is 1.92. The first-order valence-electron chi connectivity index (χ1n) is 4.69. The van der Waals surface area contributed by atoms with Crippen molar-refractivity contribution in [3.8, 4) is 0 Å². The van der Waals surface area contributed by atoms with E-state index in [2.05, 4.69) is 53.2 Å². The van der Waals surface area contributed by atoms with Gasteiger partial charge in [-0.15, -0.1) is 0 Å². The summed E-state index contributed by atoms with van der Waals surface area (Å²) in [5, 5.41) is 0. The molecule has 0 bridgehead atoms. The third-order valence-corrected chi connectivity index (χ3v) is 3.56. The van der Waals surface area contributed by atoms with Gasteiger partial charge in [-0.25, -0.2) is 0 Å². The number of hydrogen-bond donors (Lipinski definition) is 0. The van der Waals surface area contributed by atoms with Crippen molar-refractivity contribution in [2.45, 2.75) is 32.9 Å². The summed E-state index contributed by atoms with van der Waals surface area (Å²) in [6.07, 6.45) is 0. The molecule has 0 N–H and O–H groups in total. The molecule has 1 fully saturated rings. The molecule has 0 aromatic heterocycles. The second-order valence-electron chi connectivity index (χ2n) is 3.88. The van der Waals surface area contributed by atoms with Gasteiger partial charge in [0.25, 0.3) is 0 Å². The van der Waals surface area contributed by atoms with Crippen LogP contribution in [0.3, 0.4) is 0 Å². The van der Waals surface area contributed by atoms with E-state index in [1.807, 2.05) is 0 Å². The van der Waals surface area contributed by atoms with Crippen LogP contribution < -0.4 is 0 Å². The van der Waals surface area contributed by atoms with Gasteiger partial charge in [-0.3, -0.25) is 9.80 Å². The molecular formula is C9H19IN2. The highest BCUT2D eigenvalue weighted by molar-refractivity contribution is 14.1. The molecule has 72 valence electrons. The Balaban J connectivity index is 2.42. The summed E-state index contributed by atoms with van der Waals surface area (Å²) in [7, 11) is 0. The Hall–Kier alpha value is 0.650. The van der Waals surface area contributed by atoms with Gasteiger partial charge in [-0.1, -0.05) is 22.6 Å². The Bertz CT molecular complexity index is 138. The summed E-state index contributed by atoms with van der Waals surface area (Å²) >= 11 is 2.45. The zero-order valence-electron chi connectivity index (χ0n) is 8.26. The molecule has 0 radical (unpaired) electrons. The summed E-state index contributed by atoms with van der Waals surface area (Å²) < 4.78 is 1.17. The fraction of sp³-hybridized carbons (Fsp3) is 1.00. The lowest BCUT2D eigenvalue weighted by Gasteiger charge is -2.41. The highest BCUT2D eigenvalue weighted by Gasteiger charge is 2.24. The number of piperazine rings is 1. The fourth-order valence-corrected chi connectivity index (χ4v) is 2.54. The second-order valence-corrected chi connectivity index (χ2v) is 4.56. The topological polar surface area (TPSA) is 6.48 Å². The molecule has 12 heavy (non-hydrogen) atoms. The van der Waals surface area contributed by atoms with Crippen molar-refractivity contribution in [1.82, 2.24) is 9.80 Å². The number of rotatable bonds is 2. The Kier molecular flexibility index (Phi) is 4.26. The van der Waals surface area contributed by atoms with Gasteiger partial charge in [0, 0.05) is 31.7 Å². The maximum atomic E-state index is 2.59. The first-order valence-corrected chi connectivity index (χ1v) is 6.21. The molecule has 0 aromatic rings. The van der Waals surface area contributed by atoms with Crippen molar-refractivity contribution in [1.29, 1.82) is 0 Å². The summed E-state index contributed by atoms with van der Waals surface area (Å²) in [5.41, 5.74) is 0. The van der Waals surface area contributed by atoms with E-state index < -0.39 is 0 Å². The number of alkyl halides is 1. The number of hydrogen-bond acceptors (Lipinski definition) is 2. The van der Waals surface area contributed by atoms with E-state index in [1.165, 1.54) is 24.2 Å². The zero-order valence-corrected chi connectivity index (χ0v) is 10.4. The molecular weight excluding hydrogens is 263 g/mol. The van der Waals surface area contributed by atoms with Crippen LogP contribution in [0.15, 0.2) is 0 Å². The lowest BCUT2D eigenvalue weighted by molar-refractivity contribution is 0.0725. The van der Waals surface area contributed by atoms with Gasteiger partial charge in [0.2, 0.25) is 0 Å². The monoisotopic (exact) mass is 282 g/mol. The van der Waals surface area contributed by atoms with Crippen LogP contribution >= 0.6 is 22.6 Å². The Morgan fingerprint density at radius 2 is 2.08 bits per heavy atom. The van der Waals surface area contributed by atoms with Gasteiger partial charge in [0.1, 0.15) is 0 Å². The minimum Gasteiger partial charge on any atom is -0.296 e. The van der Waals surface area contributed by atoms with E-state index in [1.54, 1.807) is 0 Å². The van der Waals surface area contributed by atoms with Gasteiger partial charge < -0.3 is 0 Å². The normalized spacial score (nSPS) is 28.2. The van der Waals surface area contributed by atoms with Crippen LogP contribution in [0.4, 0.5) is 0 Å². The molecule has 1 atom stereocenters. The van der Waals surface area contributed by atoms with E-state index in [4.69, 9.17) is 0 Å². The van der Waals surface area contributed by atoms with Crippen LogP contribution in [0.2, 0.25) is 0 Å². The standard InChI is InChI=1S/C9H19IN2/c1-8(2)12-5-4-11(7-10)6-9(12)3/h8-9H,4-7H2,1-3H3. The third-order valence-electron chi connectivity index (χ3n) is 2.60. The van der Waals surface area contributed by atoms with Crippen molar-refractivity contribution in [2.24, 2.45) is 0 Å². The predicted octanol–water partition coefficient (Wildman–Crippen LogP) is 1.79. The zero-order chi connectivity index (χ0) is 9.14. The molecule has 0 spiro atoms. The van der Waals surface area contributed by atoms with E-state index >= 15 is 0 Å². The van der Waals surface area contributed by atoms with E-state index in [9.17, 15) is 0 Å². The van der Waals surface area contributed by atoms with Gasteiger partial charge in [-0.05, 0) is 20.8 Å². The van der Waals surface area contributed by atoms with Crippen LogP contribution in [0, 0.1) is 0 Å². The molecule has 0 amide bonds. The van der Waals surface area contributed by atoms with Crippen LogP contribution in [0.5, 0.6) is 0 Å². The Morgan fingerprint density at radius 1 is 1.42 bits per heavy atom. The lowest BCUT2D eigenvalue weighted by Crippen LogP contribution is -2.53. The maximum absolute atomic E-state index is 2.59. The summed E-state index contributed by atoms with van der Waals surface area (Å²) in [4.78, 5) is 5.10. The van der Waals surface area contributed by atoms with Crippen LogP contribution in [-0.4, -0.2) is 46.1 Å². The molecule has 3 heteroatoms. The number of halogens is 1. The molecule has 1 aliphatic rings. The Labute approximate surface area is 89.4 Å². The Morgan fingerprint density at radius 3 is 2.50 bits per heavy atom. The van der Waals surface area contributed by atoms with E-state index in [0.717, 1.165) is 6.04 Å². The smallest absolute Gasteiger partial charge is 0.0506 e. The van der Waals surface area contributed by atoms with Gasteiger partial charge >= 0.3 is 0 Å². The van der Waals surface area contributed by atoms with Crippen LogP contribution in [-0.2, 0) is 0 Å². The van der Waals surface area contributed by atoms with Crippen molar-refractivity contribution < 1.29 is 0 Å². The average molecular weight is 282 g/mol. The second kappa shape index (κ2) is 4.77. The molecule has 0 aromatic carbocycles. The van der Waals surface area contributed by atoms with Crippen molar-refractivity contribution in [2.75, 3.05) is 24.2 Å². The minimum atomic E-state index is 0.705. The highest BCUT2D eigenvalue weighted by Crippen LogP contribution is 2.13. The van der Waals surface area contributed by atoms with E-state index in [0.29, 0.717) is 6.04 Å². The molecule has 1 heterocycles. The first-order chi connectivity index (χ1) is 5.65. The molecule has 0 saturated carbocycles. The van der Waals surface area contributed by atoms with Crippen LogP contribution in [0.25, 0.3) is 0 Å². The van der Waals surface area contributed by atoms with Crippen molar-refractivity contribution in [3.05, 3.63) is 0 Å². The quantitative estimate of drug-likeness (QED) is 0.433. The molecule has 1 aliphatic heterocycles. The first kappa shape index (κ1) is 10.7. The maximum Gasteiger partial charge on any atom is 0.0506 e. The van der Waals surface area contributed by atoms with E-state index in [-0.39, 0.29) is 0 Å². The van der Waals surface area contributed by atoms with Crippen molar-refractivity contribution in [3.63, 3.8) is 0 Å². The van der Waals surface area contributed by atoms with Gasteiger partial charge in [-0.2, -0.15) is 0 Å². The summed E-state index contributed by atoms with van der Waals surface area (Å²) in [5.74, 6) is 0. The number of nitrogens with zero attached hydrogens (tertiary/aromatic N) is 2. The van der Waals surface area contributed by atoms with Crippen LogP contribution in [0.1, 0.15) is 20.8 Å². The van der Waals surface area contributed by atoms with Crippen molar-refractivity contribution >= 4 is 22.6 Å². The summed E-state index contributed by atoms with van der Waals surface area (Å²) in [6.45, 7) is 10.6. The predicted molar refractivity (Wildman–Crippen MR) is 61.8 cm³/mol. The lowest BCUT2D eigenvalue weighted by atomic mass is 10.1.